The molecule has 0 aromatic heterocycles. The Bertz CT molecular complexity index is 354. The van der Waals surface area contributed by atoms with E-state index in [2.05, 4.69) is 35.5 Å². The van der Waals surface area contributed by atoms with Crippen molar-refractivity contribution in [3.05, 3.63) is 29.8 Å². The molecule has 1 N–H and O–H groups in total. The maximum atomic E-state index is 5.56. The molecule has 0 saturated carbocycles. The van der Waals surface area contributed by atoms with Crippen molar-refractivity contribution in [3.8, 4) is 5.75 Å². The molecule has 3 nitrogen and oxygen atoms in total. The zero-order chi connectivity index (χ0) is 12.1. The molecule has 1 aliphatic rings. The SMILES string of the molecule is CCOc1cccc(C2CNCCN(C)C2)c1. The quantitative estimate of drug-likeness (QED) is 0.861. The monoisotopic (exact) mass is 234 g/mol. The van der Waals surface area contributed by atoms with Crippen LogP contribution in [0, 0.1) is 0 Å². The van der Waals surface area contributed by atoms with Gasteiger partial charge in [-0.25, -0.2) is 0 Å². The van der Waals surface area contributed by atoms with Crippen LogP contribution >= 0.6 is 0 Å². The Labute approximate surface area is 104 Å². The van der Waals surface area contributed by atoms with Gasteiger partial charge in [0.1, 0.15) is 5.75 Å². The lowest BCUT2D eigenvalue weighted by Gasteiger charge is -2.20. The van der Waals surface area contributed by atoms with Crippen LogP contribution in [0.2, 0.25) is 0 Å². The number of hydrogen-bond donors (Lipinski definition) is 1. The van der Waals surface area contributed by atoms with E-state index in [1.165, 1.54) is 5.56 Å². The zero-order valence-corrected chi connectivity index (χ0v) is 10.8. The number of nitrogens with one attached hydrogen (secondary N) is 1. The first-order chi connectivity index (χ1) is 8.29. The summed E-state index contributed by atoms with van der Waals surface area (Å²) < 4.78 is 5.56. The molecule has 0 bridgehead atoms. The molecular formula is C14H22N2O. The highest BCUT2D eigenvalue weighted by atomic mass is 16.5. The van der Waals surface area contributed by atoms with Gasteiger partial charge in [0.2, 0.25) is 0 Å². The first-order valence-electron chi connectivity index (χ1n) is 6.41. The van der Waals surface area contributed by atoms with Crippen molar-refractivity contribution in [3.63, 3.8) is 0 Å². The smallest absolute Gasteiger partial charge is 0.119 e. The van der Waals surface area contributed by atoms with E-state index >= 15 is 0 Å². The normalized spacial score (nSPS) is 22.1. The number of nitrogens with zero attached hydrogens (tertiary/aromatic N) is 1. The van der Waals surface area contributed by atoms with Crippen LogP contribution in [0.4, 0.5) is 0 Å². The van der Waals surface area contributed by atoms with Crippen LogP contribution in [0.15, 0.2) is 24.3 Å². The lowest BCUT2D eigenvalue weighted by molar-refractivity contribution is 0.334. The first-order valence-corrected chi connectivity index (χ1v) is 6.41. The summed E-state index contributed by atoms with van der Waals surface area (Å²) >= 11 is 0. The van der Waals surface area contributed by atoms with Crippen molar-refractivity contribution in [1.29, 1.82) is 0 Å². The van der Waals surface area contributed by atoms with E-state index < -0.39 is 0 Å². The largest absolute Gasteiger partial charge is 0.494 e. The van der Waals surface area contributed by atoms with Gasteiger partial charge in [-0.05, 0) is 31.7 Å². The van der Waals surface area contributed by atoms with Crippen molar-refractivity contribution in [2.75, 3.05) is 39.8 Å². The van der Waals surface area contributed by atoms with E-state index in [9.17, 15) is 0 Å². The van der Waals surface area contributed by atoms with Crippen LogP contribution in [0.1, 0.15) is 18.4 Å². The molecule has 1 unspecified atom stereocenters. The Hall–Kier alpha value is -1.06. The van der Waals surface area contributed by atoms with E-state index in [-0.39, 0.29) is 0 Å². The van der Waals surface area contributed by atoms with Crippen LogP contribution in [0.25, 0.3) is 0 Å². The molecule has 1 aromatic carbocycles. The second-order valence-electron chi connectivity index (χ2n) is 4.67. The number of hydrogen-bond acceptors (Lipinski definition) is 3. The van der Waals surface area contributed by atoms with Gasteiger partial charge in [0.15, 0.2) is 0 Å². The van der Waals surface area contributed by atoms with E-state index in [0.717, 1.165) is 38.5 Å². The van der Waals surface area contributed by atoms with Gasteiger partial charge in [0.05, 0.1) is 6.61 Å². The van der Waals surface area contributed by atoms with E-state index in [0.29, 0.717) is 5.92 Å². The highest BCUT2D eigenvalue weighted by Crippen LogP contribution is 2.22. The van der Waals surface area contributed by atoms with Crippen LogP contribution in [0.3, 0.4) is 0 Å². The molecule has 1 heterocycles. The molecule has 0 amide bonds. The summed E-state index contributed by atoms with van der Waals surface area (Å²) in [7, 11) is 2.19. The van der Waals surface area contributed by atoms with Gasteiger partial charge in [0, 0.05) is 32.1 Å². The van der Waals surface area contributed by atoms with Gasteiger partial charge in [-0.3, -0.25) is 0 Å². The highest BCUT2D eigenvalue weighted by molar-refractivity contribution is 5.31. The molecule has 3 heteroatoms. The minimum atomic E-state index is 0.558. The Morgan fingerprint density at radius 3 is 3.18 bits per heavy atom. The summed E-state index contributed by atoms with van der Waals surface area (Å²) in [5.41, 5.74) is 1.37. The minimum Gasteiger partial charge on any atom is -0.494 e. The Morgan fingerprint density at radius 2 is 2.35 bits per heavy atom. The molecule has 17 heavy (non-hydrogen) atoms. The highest BCUT2D eigenvalue weighted by Gasteiger charge is 2.17. The molecule has 1 saturated heterocycles. The van der Waals surface area contributed by atoms with Gasteiger partial charge < -0.3 is 15.0 Å². The third-order valence-electron chi connectivity index (χ3n) is 3.23. The van der Waals surface area contributed by atoms with E-state index in [1.807, 2.05) is 13.0 Å². The standard InChI is InChI=1S/C14H22N2O/c1-3-17-14-6-4-5-12(9-14)13-10-15-7-8-16(2)11-13/h4-6,9,13,15H,3,7-8,10-11H2,1-2H3. The maximum absolute atomic E-state index is 5.56. The summed E-state index contributed by atoms with van der Waals surface area (Å²) in [5.74, 6) is 1.54. The minimum absolute atomic E-state index is 0.558. The Kier molecular flexibility index (Phi) is 4.40. The predicted molar refractivity (Wildman–Crippen MR) is 70.7 cm³/mol. The van der Waals surface area contributed by atoms with Crippen LogP contribution in [0.5, 0.6) is 5.75 Å². The predicted octanol–water partition coefficient (Wildman–Crippen LogP) is 1.70. The Balaban J connectivity index is 2.11. The summed E-state index contributed by atoms with van der Waals surface area (Å²) in [4.78, 5) is 2.39. The molecular weight excluding hydrogens is 212 g/mol. The molecule has 1 atom stereocenters. The average Bonchev–Trinajstić information content (AvgIpc) is 2.55. The summed E-state index contributed by atoms with van der Waals surface area (Å²) in [5, 5.41) is 3.50. The number of likely N-dealkylation sites (N-methyl/N-ethyl adjacent to an activating group) is 1. The fourth-order valence-corrected chi connectivity index (χ4v) is 2.33. The molecule has 1 aromatic rings. The summed E-state index contributed by atoms with van der Waals surface area (Å²) in [6.07, 6.45) is 0. The second kappa shape index (κ2) is 6.03. The third kappa shape index (κ3) is 3.45. The lowest BCUT2D eigenvalue weighted by atomic mass is 9.98. The van der Waals surface area contributed by atoms with Gasteiger partial charge in [0.25, 0.3) is 0 Å². The zero-order valence-electron chi connectivity index (χ0n) is 10.8. The fourth-order valence-electron chi connectivity index (χ4n) is 2.33. The van der Waals surface area contributed by atoms with Crippen LogP contribution in [-0.4, -0.2) is 44.7 Å². The molecule has 1 fully saturated rings. The van der Waals surface area contributed by atoms with E-state index in [4.69, 9.17) is 4.74 Å². The van der Waals surface area contributed by atoms with Gasteiger partial charge in [-0.15, -0.1) is 0 Å². The number of ether oxygens (including phenoxy) is 1. The Morgan fingerprint density at radius 1 is 1.47 bits per heavy atom. The first kappa shape index (κ1) is 12.4. The van der Waals surface area contributed by atoms with Crippen molar-refractivity contribution in [2.45, 2.75) is 12.8 Å². The van der Waals surface area contributed by atoms with E-state index in [1.54, 1.807) is 0 Å². The second-order valence-corrected chi connectivity index (χ2v) is 4.67. The fraction of sp³-hybridized carbons (Fsp3) is 0.571. The summed E-state index contributed by atoms with van der Waals surface area (Å²) in [6.45, 7) is 7.13. The van der Waals surface area contributed by atoms with Gasteiger partial charge in [-0.1, -0.05) is 12.1 Å². The van der Waals surface area contributed by atoms with Crippen LogP contribution in [-0.2, 0) is 0 Å². The van der Waals surface area contributed by atoms with Crippen LogP contribution < -0.4 is 10.1 Å². The number of rotatable bonds is 3. The topological polar surface area (TPSA) is 24.5 Å². The molecule has 94 valence electrons. The van der Waals surface area contributed by atoms with Crippen molar-refractivity contribution in [1.82, 2.24) is 10.2 Å². The van der Waals surface area contributed by atoms with Crippen molar-refractivity contribution in [2.24, 2.45) is 0 Å². The van der Waals surface area contributed by atoms with Crippen molar-refractivity contribution < 1.29 is 4.74 Å². The molecule has 0 radical (unpaired) electrons. The lowest BCUT2D eigenvalue weighted by Crippen LogP contribution is -2.24. The maximum Gasteiger partial charge on any atom is 0.119 e. The molecule has 1 aliphatic heterocycles. The number of benzene rings is 1. The summed E-state index contributed by atoms with van der Waals surface area (Å²) in [6, 6.07) is 8.50. The molecule has 0 aliphatic carbocycles. The molecule has 0 spiro atoms. The van der Waals surface area contributed by atoms with Gasteiger partial charge >= 0.3 is 0 Å². The van der Waals surface area contributed by atoms with Crippen molar-refractivity contribution >= 4 is 0 Å². The molecule has 2 rings (SSSR count). The van der Waals surface area contributed by atoms with Gasteiger partial charge in [-0.2, -0.15) is 0 Å². The average molecular weight is 234 g/mol. The third-order valence-corrected chi connectivity index (χ3v) is 3.23.